The largest absolute Gasteiger partial charge is 0.416 e. The smallest absolute Gasteiger partial charge is 0.383 e. The molecule has 1 aliphatic rings. The SMILES string of the molecule is Cc1cc(CCC2CC(O)C(=O)NN2)ccc1C(F)(F)F. The average molecular weight is 302 g/mol. The normalized spacial score (nSPS) is 23.0. The van der Waals surface area contributed by atoms with E-state index < -0.39 is 23.8 Å². The second kappa shape index (κ2) is 6.03. The number of alkyl halides is 3. The van der Waals surface area contributed by atoms with Crippen molar-refractivity contribution in [1.29, 1.82) is 0 Å². The molecule has 1 saturated heterocycles. The number of halogens is 3. The first-order valence-electron chi connectivity index (χ1n) is 6.67. The van der Waals surface area contributed by atoms with E-state index in [2.05, 4.69) is 10.9 Å². The minimum Gasteiger partial charge on any atom is -0.383 e. The van der Waals surface area contributed by atoms with E-state index in [1.807, 2.05) is 0 Å². The van der Waals surface area contributed by atoms with Gasteiger partial charge in [-0.1, -0.05) is 12.1 Å². The van der Waals surface area contributed by atoms with Gasteiger partial charge in [-0.2, -0.15) is 13.2 Å². The highest BCUT2D eigenvalue weighted by molar-refractivity contribution is 5.80. The van der Waals surface area contributed by atoms with Crippen molar-refractivity contribution in [2.45, 2.75) is 44.5 Å². The van der Waals surface area contributed by atoms with Gasteiger partial charge in [-0.15, -0.1) is 0 Å². The molecule has 21 heavy (non-hydrogen) atoms. The molecule has 1 fully saturated rings. The fourth-order valence-corrected chi connectivity index (χ4v) is 2.42. The van der Waals surface area contributed by atoms with Crippen molar-refractivity contribution in [2.75, 3.05) is 0 Å². The van der Waals surface area contributed by atoms with Crippen LogP contribution in [0.4, 0.5) is 13.2 Å². The zero-order valence-electron chi connectivity index (χ0n) is 11.5. The molecule has 1 aromatic rings. The zero-order valence-corrected chi connectivity index (χ0v) is 11.5. The number of aliphatic hydroxyl groups is 1. The Morgan fingerprint density at radius 1 is 1.38 bits per heavy atom. The van der Waals surface area contributed by atoms with Gasteiger partial charge in [0.05, 0.1) is 5.56 Å². The molecule has 1 aliphatic heterocycles. The van der Waals surface area contributed by atoms with E-state index in [1.165, 1.54) is 19.1 Å². The van der Waals surface area contributed by atoms with Crippen LogP contribution >= 0.6 is 0 Å². The lowest BCUT2D eigenvalue weighted by Crippen LogP contribution is -2.55. The van der Waals surface area contributed by atoms with Gasteiger partial charge >= 0.3 is 6.18 Å². The molecule has 1 heterocycles. The molecule has 116 valence electrons. The van der Waals surface area contributed by atoms with Crippen molar-refractivity contribution in [3.63, 3.8) is 0 Å². The number of aryl methyl sites for hydroxylation is 2. The number of hydrogen-bond acceptors (Lipinski definition) is 3. The number of hydrazine groups is 1. The van der Waals surface area contributed by atoms with Crippen LogP contribution in [0.5, 0.6) is 0 Å². The summed E-state index contributed by atoms with van der Waals surface area (Å²) in [5.41, 5.74) is 5.53. The molecule has 3 N–H and O–H groups in total. The molecule has 0 radical (unpaired) electrons. The van der Waals surface area contributed by atoms with Crippen molar-refractivity contribution < 1.29 is 23.1 Å². The van der Waals surface area contributed by atoms with Crippen LogP contribution < -0.4 is 10.9 Å². The Morgan fingerprint density at radius 2 is 2.10 bits per heavy atom. The number of carbonyl (C=O) groups excluding carboxylic acids is 1. The van der Waals surface area contributed by atoms with Crippen molar-refractivity contribution in [3.8, 4) is 0 Å². The molecule has 0 aromatic heterocycles. The van der Waals surface area contributed by atoms with E-state index >= 15 is 0 Å². The van der Waals surface area contributed by atoms with E-state index in [0.717, 1.165) is 11.6 Å². The number of aliphatic hydroxyl groups excluding tert-OH is 1. The van der Waals surface area contributed by atoms with Crippen molar-refractivity contribution in [1.82, 2.24) is 10.9 Å². The van der Waals surface area contributed by atoms with Gasteiger partial charge in [0.15, 0.2) is 0 Å². The molecule has 7 heteroatoms. The van der Waals surface area contributed by atoms with E-state index in [9.17, 15) is 23.1 Å². The lowest BCUT2D eigenvalue weighted by molar-refractivity contribution is -0.138. The third-order valence-electron chi connectivity index (χ3n) is 3.59. The van der Waals surface area contributed by atoms with Gasteiger partial charge in [-0.25, -0.2) is 5.43 Å². The summed E-state index contributed by atoms with van der Waals surface area (Å²) >= 11 is 0. The zero-order chi connectivity index (χ0) is 15.6. The Balaban J connectivity index is 1.95. The average Bonchev–Trinajstić information content (AvgIpc) is 2.39. The van der Waals surface area contributed by atoms with E-state index in [1.54, 1.807) is 0 Å². The van der Waals surface area contributed by atoms with E-state index in [-0.39, 0.29) is 11.6 Å². The fourth-order valence-electron chi connectivity index (χ4n) is 2.42. The van der Waals surface area contributed by atoms with Crippen LogP contribution in [0.1, 0.15) is 29.5 Å². The van der Waals surface area contributed by atoms with Crippen LogP contribution in [0, 0.1) is 6.92 Å². The van der Waals surface area contributed by atoms with Gasteiger partial charge in [0.2, 0.25) is 0 Å². The summed E-state index contributed by atoms with van der Waals surface area (Å²) in [6.45, 7) is 1.44. The first-order chi connectivity index (χ1) is 9.77. The number of carbonyl (C=O) groups is 1. The van der Waals surface area contributed by atoms with Gasteiger partial charge in [-0.05, 0) is 43.4 Å². The van der Waals surface area contributed by atoms with Gasteiger partial charge in [-0.3, -0.25) is 10.2 Å². The first-order valence-corrected chi connectivity index (χ1v) is 6.67. The summed E-state index contributed by atoms with van der Waals surface area (Å²) in [7, 11) is 0. The molecule has 2 atom stereocenters. The molecule has 0 bridgehead atoms. The maximum absolute atomic E-state index is 12.7. The molecule has 0 aliphatic carbocycles. The highest BCUT2D eigenvalue weighted by Crippen LogP contribution is 2.32. The standard InChI is InChI=1S/C14H17F3N2O2/c1-8-6-9(3-5-11(8)14(15,16)17)2-4-10-7-12(20)13(21)19-18-10/h3,5-6,10,12,18,20H,2,4,7H2,1H3,(H,19,21). The molecule has 4 nitrogen and oxygen atoms in total. The number of amides is 1. The Bertz CT molecular complexity index is 531. The second-order valence-corrected chi connectivity index (χ2v) is 5.27. The molecular formula is C14H17F3N2O2. The highest BCUT2D eigenvalue weighted by Gasteiger charge is 2.32. The Morgan fingerprint density at radius 3 is 2.67 bits per heavy atom. The number of nitrogens with one attached hydrogen (secondary N) is 2. The Kier molecular flexibility index (Phi) is 4.53. The number of benzene rings is 1. The third kappa shape index (κ3) is 3.95. The summed E-state index contributed by atoms with van der Waals surface area (Å²) < 4.78 is 38.0. The second-order valence-electron chi connectivity index (χ2n) is 5.27. The third-order valence-corrected chi connectivity index (χ3v) is 3.59. The summed E-state index contributed by atoms with van der Waals surface area (Å²) in [5, 5.41) is 9.44. The molecular weight excluding hydrogens is 285 g/mol. The Labute approximate surface area is 120 Å². The minimum absolute atomic E-state index is 0.0969. The predicted molar refractivity (Wildman–Crippen MR) is 70.2 cm³/mol. The van der Waals surface area contributed by atoms with Crippen LogP contribution in [0.25, 0.3) is 0 Å². The number of hydrogen-bond donors (Lipinski definition) is 3. The molecule has 1 aromatic carbocycles. The van der Waals surface area contributed by atoms with E-state index in [4.69, 9.17) is 0 Å². The van der Waals surface area contributed by atoms with Crippen LogP contribution in [0.2, 0.25) is 0 Å². The summed E-state index contributed by atoms with van der Waals surface area (Å²) in [6.07, 6.45) is -3.89. The molecule has 2 unspecified atom stereocenters. The van der Waals surface area contributed by atoms with Crippen LogP contribution in [0.15, 0.2) is 18.2 Å². The predicted octanol–water partition coefficient (Wildman–Crippen LogP) is 1.70. The molecule has 0 saturated carbocycles. The van der Waals surface area contributed by atoms with Crippen LogP contribution in [-0.4, -0.2) is 23.2 Å². The summed E-state index contributed by atoms with van der Waals surface area (Å²) in [6, 6.07) is 3.99. The van der Waals surface area contributed by atoms with Gasteiger partial charge in [0.1, 0.15) is 6.10 Å². The maximum Gasteiger partial charge on any atom is 0.416 e. The van der Waals surface area contributed by atoms with Crippen molar-refractivity contribution >= 4 is 5.91 Å². The van der Waals surface area contributed by atoms with Gasteiger partial charge in [0.25, 0.3) is 5.91 Å². The van der Waals surface area contributed by atoms with Crippen molar-refractivity contribution in [2.24, 2.45) is 0 Å². The molecule has 0 spiro atoms. The number of rotatable bonds is 3. The summed E-state index contributed by atoms with van der Waals surface area (Å²) in [4.78, 5) is 11.1. The summed E-state index contributed by atoms with van der Waals surface area (Å²) in [5.74, 6) is -0.461. The quantitative estimate of drug-likeness (QED) is 0.796. The van der Waals surface area contributed by atoms with Gasteiger partial charge < -0.3 is 5.11 Å². The minimum atomic E-state index is -4.33. The Hall–Kier alpha value is -1.60. The molecule has 1 amide bonds. The van der Waals surface area contributed by atoms with Gasteiger partial charge in [0, 0.05) is 6.04 Å². The highest BCUT2D eigenvalue weighted by atomic mass is 19.4. The lowest BCUT2D eigenvalue weighted by atomic mass is 9.97. The monoisotopic (exact) mass is 302 g/mol. The lowest BCUT2D eigenvalue weighted by Gasteiger charge is -2.27. The fraction of sp³-hybridized carbons (Fsp3) is 0.500. The molecule has 2 rings (SSSR count). The van der Waals surface area contributed by atoms with E-state index in [0.29, 0.717) is 19.3 Å². The first kappa shape index (κ1) is 15.8. The maximum atomic E-state index is 12.7. The van der Waals surface area contributed by atoms with Crippen LogP contribution in [0.3, 0.4) is 0 Å². The van der Waals surface area contributed by atoms with Crippen molar-refractivity contribution in [3.05, 3.63) is 34.9 Å². The van der Waals surface area contributed by atoms with Crippen LogP contribution in [-0.2, 0) is 17.4 Å². The topological polar surface area (TPSA) is 61.4 Å².